The molecule has 1 spiro atoms. The van der Waals surface area contributed by atoms with Crippen LogP contribution in [0.25, 0.3) is 0 Å². The Morgan fingerprint density at radius 3 is 2.54 bits per heavy atom. The fourth-order valence-electron chi connectivity index (χ4n) is 7.75. The van der Waals surface area contributed by atoms with Crippen LogP contribution in [0.1, 0.15) is 64.2 Å². The number of alkyl halides is 1. The lowest BCUT2D eigenvalue weighted by Gasteiger charge is -2.44. The fourth-order valence-corrected chi connectivity index (χ4v) is 7.75. The molecule has 11 heteroatoms. The van der Waals surface area contributed by atoms with Crippen molar-refractivity contribution in [2.24, 2.45) is 39.6 Å². The first kappa shape index (κ1) is 29.9. The minimum Gasteiger partial charge on any atom is -0.389 e. The van der Waals surface area contributed by atoms with Crippen LogP contribution in [0.5, 0.6) is 0 Å². The van der Waals surface area contributed by atoms with Crippen LogP contribution in [-0.2, 0) is 9.59 Å². The number of carbonyl (C=O) groups is 2. The van der Waals surface area contributed by atoms with Crippen molar-refractivity contribution in [3.8, 4) is 6.07 Å². The molecule has 41 heavy (non-hydrogen) atoms. The highest BCUT2D eigenvalue weighted by Crippen LogP contribution is 2.46. The molecule has 1 saturated carbocycles. The van der Waals surface area contributed by atoms with Crippen molar-refractivity contribution in [1.29, 1.82) is 5.26 Å². The molecule has 4 heterocycles. The number of likely N-dealkylation sites (tertiary alicyclic amines) is 2. The van der Waals surface area contributed by atoms with E-state index in [1.165, 1.54) is 12.6 Å². The third kappa shape index (κ3) is 6.92. The van der Waals surface area contributed by atoms with Gasteiger partial charge in [0.2, 0.25) is 11.8 Å². The molecule has 6 N–H and O–H groups in total. The van der Waals surface area contributed by atoms with Gasteiger partial charge in [-0.1, -0.05) is 19.3 Å². The van der Waals surface area contributed by atoms with Crippen molar-refractivity contribution in [2.45, 2.75) is 94.7 Å². The van der Waals surface area contributed by atoms with Crippen molar-refractivity contribution in [1.82, 2.24) is 20.4 Å². The number of aliphatic imine (C=N–C) groups is 1. The van der Waals surface area contributed by atoms with E-state index in [0.29, 0.717) is 32.5 Å². The number of halogens is 1. The SMILES string of the molecule is N#CC1CN(C(=O)C2CCN(C3C=CNCC3NC(=O)C(C(N)N)C3CC4(CCCCC4)CCC(F)C=N3)CC2)C1. The van der Waals surface area contributed by atoms with E-state index in [1.54, 1.807) is 4.90 Å². The molecule has 0 radical (unpaired) electrons. The summed E-state index contributed by atoms with van der Waals surface area (Å²) in [5.74, 6) is -0.876. The van der Waals surface area contributed by atoms with Crippen molar-refractivity contribution >= 4 is 18.0 Å². The monoisotopic (exact) mass is 570 g/mol. The zero-order chi connectivity index (χ0) is 29.0. The third-order valence-electron chi connectivity index (χ3n) is 10.2. The van der Waals surface area contributed by atoms with Gasteiger partial charge in [-0.2, -0.15) is 5.26 Å². The number of rotatable bonds is 6. The molecule has 4 aliphatic heterocycles. The molecule has 5 unspecified atom stereocenters. The molecule has 10 nitrogen and oxygen atoms in total. The van der Waals surface area contributed by atoms with Gasteiger partial charge in [0.15, 0.2) is 0 Å². The molecular formula is C30H47FN8O2. The standard InChI is InChI=1S/C30H47FN8O2/c31-22-4-10-30(8-2-1-3-9-30)14-23(36-16-22)26(27(33)34)28(40)37-24-17-35-11-5-25(24)38-12-6-21(7-13-38)29(41)39-18-20(15-32)19-39/h5,11,16,20-27,35H,1-4,6-10,12-14,17-19,33-34H2,(H,37,40). The van der Waals surface area contributed by atoms with Gasteiger partial charge in [0.1, 0.15) is 6.17 Å². The van der Waals surface area contributed by atoms with Crippen LogP contribution in [0, 0.1) is 34.5 Å². The predicted octanol–water partition coefficient (Wildman–Crippen LogP) is 1.42. The first-order valence-corrected chi connectivity index (χ1v) is 15.6. The van der Waals surface area contributed by atoms with E-state index in [4.69, 9.17) is 16.7 Å². The molecule has 0 aromatic carbocycles. The summed E-state index contributed by atoms with van der Waals surface area (Å²) in [5, 5.41) is 15.5. The fraction of sp³-hybridized carbons (Fsp3) is 0.800. The van der Waals surface area contributed by atoms with Crippen LogP contribution >= 0.6 is 0 Å². The topological polar surface area (TPSA) is 153 Å². The smallest absolute Gasteiger partial charge is 0.228 e. The molecule has 226 valence electrons. The largest absolute Gasteiger partial charge is 0.389 e. The summed E-state index contributed by atoms with van der Waals surface area (Å²) in [5.41, 5.74) is 12.5. The highest BCUT2D eigenvalue weighted by atomic mass is 19.1. The van der Waals surface area contributed by atoms with E-state index in [-0.39, 0.29) is 41.1 Å². The lowest BCUT2D eigenvalue weighted by Crippen LogP contribution is -2.62. The maximum atomic E-state index is 14.6. The number of nitrogens with zero attached hydrogens (tertiary/aromatic N) is 4. The number of nitrogens with one attached hydrogen (secondary N) is 2. The molecular weight excluding hydrogens is 523 g/mol. The molecule has 5 rings (SSSR count). The highest BCUT2D eigenvalue weighted by Gasteiger charge is 2.43. The minimum absolute atomic E-state index is 0.0105. The summed E-state index contributed by atoms with van der Waals surface area (Å²) in [6.07, 6.45) is 12.3. The predicted molar refractivity (Wildman–Crippen MR) is 155 cm³/mol. The van der Waals surface area contributed by atoms with Gasteiger partial charge in [-0.05, 0) is 75.7 Å². The zero-order valence-electron chi connectivity index (χ0n) is 24.1. The average molecular weight is 571 g/mol. The Labute approximate surface area is 243 Å². The summed E-state index contributed by atoms with van der Waals surface area (Å²) in [7, 11) is 0. The van der Waals surface area contributed by atoms with Crippen molar-refractivity contribution in [3.05, 3.63) is 12.3 Å². The van der Waals surface area contributed by atoms with Gasteiger partial charge in [-0.3, -0.25) is 19.5 Å². The molecule has 0 aromatic rings. The molecule has 2 saturated heterocycles. The summed E-state index contributed by atoms with van der Waals surface area (Å²) in [4.78, 5) is 35.5. The van der Waals surface area contributed by atoms with Crippen molar-refractivity contribution in [3.63, 3.8) is 0 Å². The Bertz CT molecular complexity index is 1020. The van der Waals surface area contributed by atoms with E-state index in [2.05, 4.69) is 32.7 Å². The zero-order valence-corrected chi connectivity index (χ0v) is 24.1. The first-order chi connectivity index (χ1) is 19.8. The van der Waals surface area contributed by atoms with E-state index in [1.807, 2.05) is 6.20 Å². The minimum atomic E-state index is -1.12. The summed E-state index contributed by atoms with van der Waals surface area (Å²) in [6.45, 7) is 3.15. The van der Waals surface area contributed by atoms with Crippen LogP contribution in [0.3, 0.4) is 0 Å². The van der Waals surface area contributed by atoms with Crippen LogP contribution in [0.4, 0.5) is 4.39 Å². The molecule has 0 aromatic heterocycles. The lowest BCUT2D eigenvalue weighted by molar-refractivity contribution is -0.142. The second-order valence-electron chi connectivity index (χ2n) is 13.0. The summed E-state index contributed by atoms with van der Waals surface area (Å²) in [6, 6.07) is 1.54. The Kier molecular flexibility index (Phi) is 9.62. The van der Waals surface area contributed by atoms with Crippen LogP contribution in [0.15, 0.2) is 17.3 Å². The molecule has 5 aliphatic rings. The number of nitriles is 1. The maximum Gasteiger partial charge on any atom is 0.228 e. The average Bonchev–Trinajstić information content (AvgIpc) is 2.94. The molecule has 1 aliphatic carbocycles. The number of amides is 2. The summed E-state index contributed by atoms with van der Waals surface area (Å²) < 4.78 is 14.6. The van der Waals surface area contributed by atoms with E-state index in [9.17, 15) is 14.0 Å². The van der Waals surface area contributed by atoms with Gasteiger partial charge in [-0.15, -0.1) is 0 Å². The number of hydrogen-bond donors (Lipinski definition) is 4. The molecule has 0 bridgehead atoms. The Hall–Kier alpha value is -2.55. The van der Waals surface area contributed by atoms with E-state index < -0.39 is 24.3 Å². The third-order valence-corrected chi connectivity index (χ3v) is 10.2. The number of piperidine rings is 1. The summed E-state index contributed by atoms with van der Waals surface area (Å²) >= 11 is 0. The van der Waals surface area contributed by atoms with Crippen molar-refractivity contribution < 1.29 is 14.0 Å². The van der Waals surface area contributed by atoms with Crippen LogP contribution < -0.4 is 22.1 Å². The number of carbonyl (C=O) groups excluding carboxylic acids is 2. The van der Waals surface area contributed by atoms with Gasteiger partial charge < -0.3 is 27.0 Å². The Morgan fingerprint density at radius 2 is 1.85 bits per heavy atom. The quantitative estimate of drug-likeness (QED) is 0.352. The van der Waals surface area contributed by atoms with Crippen LogP contribution in [0.2, 0.25) is 0 Å². The van der Waals surface area contributed by atoms with Gasteiger partial charge in [0, 0.05) is 31.8 Å². The Morgan fingerprint density at radius 1 is 1.12 bits per heavy atom. The van der Waals surface area contributed by atoms with E-state index in [0.717, 1.165) is 58.0 Å². The van der Waals surface area contributed by atoms with E-state index >= 15 is 0 Å². The first-order valence-electron chi connectivity index (χ1n) is 15.6. The van der Waals surface area contributed by atoms with Crippen LogP contribution in [-0.4, -0.2) is 91.0 Å². The van der Waals surface area contributed by atoms with Gasteiger partial charge in [0.25, 0.3) is 0 Å². The molecule has 5 atom stereocenters. The molecule has 2 amide bonds. The lowest BCUT2D eigenvalue weighted by atomic mass is 9.65. The Balaban J connectivity index is 1.23. The van der Waals surface area contributed by atoms with Gasteiger partial charge in [0.05, 0.1) is 42.2 Å². The van der Waals surface area contributed by atoms with Gasteiger partial charge >= 0.3 is 0 Å². The number of hydrogen-bond acceptors (Lipinski definition) is 8. The normalized spacial score (nSPS) is 31.9. The highest BCUT2D eigenvalue weighted by molar-refractivity contribution is 5.81. The second-order valence-corrected chi connectivity index (χ2v) is 13.0. The van der Waals surface area contributed by atoms with Crippen molar-refractivity contribution in [2.75, 3.05) is 32.7 Å². The number of nitrogens with two attached hydrogens (primary N) is 2. The van der Waals surface area contributed by atoms with Gasteiger partial charge in [-0.25, -0.2) is 4.39 Å². The molecule has 3 fully saturated rings. The maximum absolute atomic E-state index is 14.6. The second kappa shape index (κ2) is 13.2.